The first-order chi connectivity index (χ1) is 8.36. The summed E-state index contributed by atoms with van der Waals surface area (Å²) in [6, 6.07) is 3.13. The summed E-state index contributed by atoms with van der Waals surface area (Å²) in [5.74, 6) is 0. The Balaban J connectivity index is 2.86. The van der Waals surface area contributed by atoms with Gasteiger partial charge in [0.25, 0.3) is 0 Å². The van der Waals surface area contributed by atoms with Gasteiger partial charge in [0.15, 0.2) is 0 Å². The molecule has 0 radical (unpaired) electrons. The molecule has 0 amide bonds. The molecule has 0 aliphatic carbocycles. The minimum Gasteiger partial charge on any atom is -0.330 e. The summed E-state index contributed by atoms with van der Waals surface area (Å²) in [6.45, 7) is 0.566. The second-order valence-corrected chi connectivity index (χ2v) is 4.98. The highest BCUT2D eigenvalue weighted by atomic mass is 79.9. The first-order valence-corrected chi connectivity index (χ1v) is 6.48. The largest absolute Gasteiger partial charge is 0.416 e. The Bertz CT molecular complexity index is 393. The van der Waals surface area contributed by atoms with Crippen molar-refractivity contribution in [2.75, 3.05) is 6.54 Å². The molecule has 18 heavy (non-hydrogen) atoms. The maximum absolute atomic E-state index is 12.6. The van der Waals surface area contributed by atoms with Crippen LogP contribution in [0.25, 0.3) is 0 Å². The Kier molecular flexibility index (Phi) is 5.62. The third-order valence-electron chi connectivity index (χ3n) is 2.69. The molecule has 0 unspecified atom stereocenters. The van der Waals surface area contributed by atoms with Crippen LogP contribution < -0.4 is 11.5 Å². The lowest BCUT2D eigenvalue weighted by Gasteiger charge is -2.16. The van der Waals surface area contributed by atoms with E-state index in [4.69, 9.17) is 11.5 Å². The van der Waals surface area contributed by atoms with Crippen LogP contribution in [-0.2, 0) is 6.18 Å². The van der Waals surface area contributed by atoms with Crippen LogP contribution in [0.5, 0.6) is 0 Å². The molecule has 1 rings (SSSR count). The van der Waals surface area contributed by atoms with Crippen molar-refractivity contribution in [1.29, 1.82) is 0 Å². The zero-order valence-electron chi connectivity index (χ0n) is 9.80. The molecule has 2 nitrogen and oxygen atoms in total. The molecule has 102 valence electrons. The number of nitrogens with two attached hydrogens (primary N) is 2. The Labute approximate surface area is 113 Å². The first-order valence-electron chi connectivity index (χ1n) is 5.68. The number of rotatable bonds is 5. The maximum atomic E-state index is 12.6. The number of unbranched alkanes of at least 4 members (excludes halogenated alkanes) is 1. The van der Waals surface area contributed by atoms with Crippen LogP contribution in [0, 0.1) is 0 Å². The molecule has 6 heteroatoms. The van der Waals surface area contributed by atoms with Gasteiger partial charge in [0.2, 0.25) is 0 Å². The molecule has 1 aromatic carbocycles. The van der Waals surface area contributed by atoms with E-state index >= 15 is 0 Å². The molecule has 0 fully saturated rings. The van der Waals surface area contributed by atoms with Gasteiger partial charge in [-0.3, -0.25) is 0 Å². The molecule has 0 spiro atoms. The van der Waals surface area contributed by atoms with Gasteiger partial charge in [0, 0.05) is 10.5 Å². The second-order valence-electron chi connectivity index (χ2n) is 4.13. The average molecular weight is 325 g/mol. The number of benzene rings is 1. The standard InChI is InChI=1S/C12H16BrF3N2/c13-10-5-4-8(12(14,15)16)7-9(10)11(18)3-1-2-6-17/h4-5,7,11H,1-3,6,17-18H2/t11-/m0/s1. The smallest absolute Gasteiger partial charge is 0.330 e. The van der Waals surface area contributed by atoms with Gasteiger partial charge in [0.05, 0.1) is 5.56 Å². The summed E-state index contributed by atoms with van der Waals surface area (Å²) in [7, 11) is 0. The van der Waals surface area contributed by atoms with E-state index in [-0.39, 0.29) is 0 Å². The van der Waals surface area contributed by atoms with Crippen molar-refractivity contribution in [3.8, 4) is 0 Å². The second kappa shape index (κ2) is 6.54. The Morgan fingerprint density at radius 3 is 2.44 bits per heavy atom. The molecule has 0 aliphatic rings. The molecule has 4 N–H and O–H groups in total. The van der Waals surface area contributed by atoms with Gasteiger partial charge in [-0.15, -0.1) is 0 Å². The van der Waals surface area contributed by atoms with Gasteiger partial charge >= 0.3 is 6.18 Å². The fourth-order valence-electron chi connectivity index (χ4n) is 1.67. The quantitative estimate of drug-likeness (QED) is 0.813. The highest BCUT2D eigenvalue weighted by molar-refractivity contribution is 9.10. The third-order valence-corrected chi connectivity index (χ3v) is 3.41. The van der Waals surface area contributed by atoms with E-state index in [9.17, 15) is 13.2 Å². The monoisotopic (exact) mass is 324 g/mol. The van der Waals surface area contributed by atoms with Gasteiger partial charge < -0.3 is 11.5 Å². The van der Waals surface area contributed by atoms with Crippen LogP contribution >= 0.6 is 15.9 Å². The van der Waals surface area contributed by atoms with E-state index in [1.165, 1.54) is 6.07 Å². The van der Waals surface area contributed by atoms with Crippen molar-refractivity contribution < 1.29 is 13.2 Å². The van der Waals surface area contributed by atoms with Crippen LogP contribution in [0.15, 0.2) is 22.7 Å². The van der Waals surface area contributed by atoms with Crippen LogP contribution in [0.2, 0.25) is 0 Å². The Hall–Kier alpha value is -0.590. The van der Waals surface area contributed by atoms with Crippen LogP contribution in [-0.4, -0.2) is 6.54 Å². The lowest BCUT2D eigenvalue weighted by atomic mass is 10.00. The fraction of sp³-hybridized carbons (Fsp3) is 0.500. The number of halogens is 4. The van der Waals surface area contributed by atoms with Crippen molar-refractivity contribution in [2.24, 2.45) is 11.5 Å². The highest BCUT2D eigenvalue weighted by Crippen LogP contribution is 2.34. The number of hydrogen-bond acceptors (Lipinski definition) is 2. The molecule has 0 saturated carbocycles. The molecule has 1 atom stereocenters. The molecule has 0 heterocycles. The molecule has 0 saturated heterocycles. The molecular formula is C12H16BrF3N2. The van der Waals surface area contributed by atoms with E-state index in [1.807, 2.05) is 0 Å². The summed E-state index contributed by atoms with van der Waals surface area (Å²) < 4.78 is 38.4. The van der Waals surface area contributed by atoms with Gasteiger partial charge in [-0.05, 0) is 43.1 Å². The summed E-state index contributed by atoms with van der Waals surface area (Å²) in [5.41, 5.74) is 11.1. The van der Waals surface area contributed by atoms with Gasteiger partial charge in [-0.1, -0.05) is 22.4 Å². The Morgan fingerprint density at radius 2 is 1.89 bits per heavy atom. The summed E-state index contributed by atoms with van der Waals surface area (Å²) in [5, 5.41) is 0. The molecule has 1 aromatic rings. The minimum atomic E-state index is -4.34. The van der Waals surface area contributed by atoms with Crippen LogP contribution in [0.3, 0.4) is 0 Å². The predicted molar refractivity (Wildman–Crippen MR) is 69.0 cm³/mol. The Morgan fingerprint density at radius 1 is 1.22 bits per heavy atom. The van der Waals surface area contributed by atoms with Crippen molar-refractivity contribution in [1.82, 2.24) is 0 Å². The minimum absolute atomic E-state index is 0.409. The predicted octanol–water partition coefficient (Wildman–Crippen LogP) is 3.60. The van der Waals surface area contributed by atoms with Gasteiger partial charge in [-0.25, -0.2) is 0 Å². The third kappa shape index (κ3) is 4.26. The van der Waals surface area contributed by atoms with E-state index in [0.717, 1.165) is 25.0 Å². The zero-order chi connectivity index (χ0) is 13.8. The topological polar surface area (TPSA) is 52.0 Å². The average Bonchev–Trinajstić information content (AvgIpc) is 2.28. The van der Waals surface area contributed by atoms with Crippen molar-refractivity contribution >= 4 is 15.9 Å². The number of hydrogen-bond donors (Lipinski definition) is 2. The maximum Gasteiger partial charge on any atom is 0.416 e. The SMILES string of the molecule is NCCCC[C@H](N)c1cc(C(F)(F)F)ccc1Br. The molecular weight excluding hydrogens is 309 g/mol. The molecule has 0 aliphatic heterocycles. The van der Waals surface area contributed by atoms with Gasteiger partial charge in [0.1, 0.15) is 0 Å². The van der Waals surface area contributed by atoms with Crippen molar-refractivity contribution in [3.63, 3.8) is 0 Å². The van der Waals surface area contributed by atoms with Crippen LogP contribution in [0.4, 0.5) is 13.2 Å². The van der Waals surface area contributed by atoms with E-state index in [0.29, 0.717) is 23.0 Å². The lowest BCUT2D eigenvalue weighted by Crippen LogP contribution is -2.14. The summed E-state index contributed by atoms with van der Waals surface area (Å²) in [4.78, 5) is 0. The van der Waals surface area contributed by atoms with E-state index in [1.54, 1.807) is 0 Å². The summed E-state index contributed by atoms with van der Waals surface area (Å²) in [6.07, 6.45) is -2.09. The molecule has 0 bridgehead atoms. The normalized spacial score (nSPS) is 13.7. The van der Waals surface area contributed by atoms with Crippen LogP contribution in [0.1, 0.15) is 36.4 Å². The van der Waals surface area contributed by atoms with E-state index < -0.39 is 17.8 Å². The number of alkyl halides is 3. The van der Waals surface area contributed by atoms with Crippen molar-refractivity contribution in [2.45, 2.75) is 31.5 Å². The van der Waals surface area contributed by atoms with Crippen molar-refractivity contribution in [3.05, 3.63) is 33.8 Å². The first kappa shape index (κ1) is 15.5. The highest BCUT2D eigenvalue weighted by Gasteiger charge is 2.31. The summed E-state index contributed by atoms with van der Waals surface area (Å²) >= 11 is 3.23. The fourth-order valence-corrected chi connectivity index (χ4v) is 2.21. The van der Waals surface area contributed by atoms with E-state index in [2.05, 4.69) is 15.9 Å². The van der Waals surface area contributed by atoms with Gasteiger partial charge in [-0.2, -0.15) is 13.2 Å². The molecule has 0 aromatic heterocycles. The lowest BCUT2D eigenvalue weighted by molar-refractivity contribution is -0.137. The zero-order valence-corrected chi connectivity index (χ0v) is 11.4.